The van der Waals surface area contributed by atoms with Crippen molar-refractivity contribution in [2.45, 2.75) is 6.92 Å². The van der Waals surface area contributed by atoms with Crippen molar-refractivity contribution in [3.8, 4) is 0 Å². The van der Waals surface area contributed by atoms with Gasteiger partial charge in [-0.05, 0) is 20.0 Å². The maximum absolute atomic E-state index is 12.3. The van der Waals surface area contributed by atoms with E-state index in [1.165, 1.54) is 0 Å². The molecule has 0 unspecified atom stereocenters. The highest BCUT2D eigenvalue weighted by atomic mass is 16.2. The Bertz CT molecular complexity index is 614. The summed E-state index contributed by atoms with van der Waals surface area (Å²) in [6.07, 6.45) is 1.67. The first kappa shape index (κ1) is 12.0. The van der Waals surface area contributed by atoms with Crippen LogP contribution in [0.4, 0.5) is 0 Å². The normalized spacial score (nSPS) is 17.1. The lowest BCUT2D eigenvalue weighted by Crippen LogP contribution is -2.47. The van der Waals surface area contributed by atoms with Crippen molar-refractivity contribution in [1.82, 2.24) is 29.4 Å². The minimum atomic E-state index is -0.113. The monoisotopic (exact) mass is 260 g/mol. The fourth-order valence-corrected chi connectivity index (χ4v) is 2.15. The Labute approximate surface area is 110 Å². The standard InChI is InChI=1S/C12H16N6O/c1-9-3-4-13-12-14-10(15-18(9)12)11(19)17-7-5-16(2)6-8-17/h3-4H,5-8H2,1-2H3. The fraction of sp³-hybridized carbons (Fsp3) is 0.500. The summed E-state index contributed by atoms with van der Waals surface area (Å²) >= 11 is 0. The third kappa shape index (κ3) is 2.17. The molecule has 0 atom stereocenters. The van der Waals surface area contributed by atoms with Crippen LogP contribution in [0.25, 0.3) is 5.78 Å². The lowest BCUT2D eigenvalue weighted by molar-refractivity contribution is 0.0652. The molecule has 1 fully saturated rings. The predicted molar refractivity (Wildman–Crippen MR) is 68.9 cm³/mol. The minimum absolute atomic E-state index is 0.113. The summed E-state index contributed by atoms with van der Waals surface area (Å²) in [5.74, 6) is 0.585. The molecule has 3 heterocycles. The van der Waals surface area contributed by atoms with E-state index in [9.17, 15) is 4.79 Å². The van der Waals surface area contributed by atoms with Gasteiger partial charge in [0.25, 0.3) is 11.7 Å². The molecule has 0 spiro atoms. The third-order valence-corrected chi connectivity index (χ3v) is 3.41. The van der Waals surface area contributed by atoms with E-state index in [0.717, 1.165) is 31.9 Å². The second-order valence-corrected chi connectivity index (χ2v) is 4.83. The zero-order valence-corrected chi connectivity index (χ0v) is 11.1. The number of carbonyl (C=O) groups excluding carboxylic acids is 1. The molecule has 0 bridgehead atoms. The molecule has 0 aliphatic carbocycles. The summed E-state index contributed by atoms with van der Waals surface area (Å²) in [7, 11) is 2.05. The summed E-state index contributed by atoms with van der Waals surface area (Å²) in [4.78, 5) is 24.6. The van der Waals surface area contributed by atoms with Gasteiger partial charge in [0.1, 0.15) is 0 Å². The molecule has 1 aliphatic rings. The van der Waals surface area contributed by atoms with Crippen LogP contribution in [0.3, 0.4) is 0 Å². The van der Waals surface area contributed by atoms with Crippen molar-refractivity contribution in [3.63, 3.8) is 0 Å². The van der Waals surface area contributed by atoms with Crippen LogP contribution >= 0.6 is 0 Å². The van der Waals surface area contributed by atoms with E-state index in [1.807, 2.05) is 13.0 Å². The number of nitrogens with zero attached hydrogens (tertiary/aromatic N) is 6. The van der Waals surface area contributed by atoms with Gasteiger partial charge in [-0.25, -0.2) is 9.50 Å². The lowest BCUT2D eigenvalue weighted by Gasteiger charge is -2.31. The van der Waals surface area contributed by atoms with Crippen LogP contribution in [0.1, 0.15) is 16.3 Å². The molecule has 1 aliphatic heterocycles. The van der Waals surface area contributed by atoms with Crippen LogP contribution in [-0.4, -0.2) is 68.5 Å². The first-order valence-corrected chi connectivity index (χ1v) is 6.31. The van der Waals surface area contributed by atoms with Crippen LogP contribution < -0.4 is 0 Å². The highest BCUT2D eigenvalue weighted by Gasteiger charge is 2.24. The van der Waals surface area contributed by atoms with E-state index < -0.39 is 0 Å². The molecular weight excluding hydrogens is 244 g/mol. The summed E-state index contributed by atoms with van der Waals surface area (Å²) < 4.78 is 1.60. The van der Waals surface area contributed by atoms with Crippen LogP contribution in [-0.2, 0) is 0 Å². The summed E-state index contributed by atoms with van der Waals surface area (Å²) in [5.41, 5.74) is 0.912. The Hall–Kier alpha value is -2.02. The summed E-state index contributed by atoms with van der Waals surface area (Å²) in [6, 6.07) is 1.84. The molecule has 1 saturated heterocycles. The molecule has 3 rings (SSSR count). The molecule has 0 aromatic carbocycles. The van der Waals surface area contributed by atoms with Crippen LogP contribution in [0, 0.1) is 6.92 Å². The number of likely N-dealkylation sites (N-methyl/N-ethyl adjacent to an activating group) is 1. The molecule has 0 radical (unpaired) electrons. The highest BCUT2D eigenvalue weighted by Crippen LogP contribution is 2.07. The van der Waals surface area contributed by atoms with Crippen LogP contribution in [0.2, 0.25) is 0 Å². The van der Waals surface area contributed by atoms with Gasteiger partial charge in [0.05, 0.1) is 0 Å². The Kier molecular flexibility index (Phi) is 2.90. The Morgan fingerprint density at radius 1 is 1.26 bits per heavy atom. The van der Waals surface area contributed by atoms with Crippen molar-refractivity contribution >= 4 is 11.7 Å². The Morgan fingerprint density at radius 2 is 2.00 bits per heavy atom. The molecule has 100 valence electrons. The zero-order chi connectivity index (χ0) is 13.4. The van der Waals surface area contributed by atoms with Crippen molar-refractivity contribution in [1.29, 1.82) is 0 Å². The van der Waals surface area contributed by atoms with E-state index in [2.05, 4.69) is 27.0 Å². The molecule has 7 nitrogen and oxygen atoms in total. The minimum Gasteiger partial charge on any atom is -0.333 e. The number of carbonyl (C=O) groups is 1. The Balaban J connectivity index is 1.87. The number of piperazine rings is 1. The van der Waals surface area contributed by atoms with Crippen LogP contribution in [0.15, 0.2) is 12.3 Å². The van der Waals surface area contributed by atoms with E-state index >= 15 is 0 Å². The fourth-order valence-electron chi connectivity index (χ4n) is 2.15. The number of amides is 1. The first-order valence-electron chi connectivity index (χ1n) is 6.31. The number of aromatic nitrogens is 4. The summed E-state index contributed by atoms with van der Waals surface area (Å²) in [5, 5.41) is 4.24. The van der Waals surface area contributed by atoms with E-state index in [1.54, 1.807) is 15.6 Å². The quantitative estimate of drug-likeness (QED) is 0.711. The van der Waals surface area contributed by atoms with Gasteiger partial charge in [0.2, 0.25) is 5.82 Å². The molecule has 7 heteroatoms. The largest absolute Gasteiger partial charge is 0.333 e. The van der Waals surface area contributed by atoms with Gasteiger partial charge < -0.3 is 9.80 Å². The van der Waals surface area contributed by atoms with E-state index in [4.69, 9.17) is 0 Å². The van der Waals surface area contributed by atoms with Gasteiger partial charge >= 0.3 is 0 Å². The molecular formula is C12H16N6O. The molecule has 19 heavy (non-hydrogen) atoms. The number of hydrogen-bond acceptors (Lipinski definition) is 5. The highest BCUT2D eigenvalue weighted by molar-refractivity contribution is 5.91. The number of hydrogen-bond donors (Lipinski definition) is 0. The topological polar surface area (TPSA) is 66.6 Å². The van der Waals surface area contributed by atoms with Crippen molar-refractivity contribution < 1.29 is 4.79 Å². The second kappa shape index (κ2) is 4.58. The van der Waals surface area contributed by atoms with Crippen molar-refractivity contribution in [3.05, 3.63) is 23.8 Å². The van der Waals surface area contributed by atoms with Gasteiger partial charge in [0.15, 0.2) is 0 Å². The summed E-state index contributed by atoms with van der Waals surface area (Å²) in [6.45, 7) is 5.12. The average Bonchev–Trinajstić information content (AvgIpc) is 2.84. The lowest BCUT2D eigenvalue weighted by atomic mass is 10.3. The van der Waals surface area contributed by atoms with E-state index in [0.29, 0.717) is 5.78 Å². The van der Waals surface area contributed by atoms with Gasteiger partial charge in [0, 0.05) is 38.1 Å². The maximum Gasteiger partial charge on any atom is 0.293 e. The van der Waals surface area contributed by atoms with Crippen molar-refractivity contribution in [2.24, 2.45) is 0 Å². The molecule has 0 N–H and O–H groups in total. The predicted octanol–water partition coefficient (Wildman–Crippen LogP) is -0.180. The second-order valence-electron chi connectivity index (χ2n) is 4.83. The number of aryl methyl sites for hydroxylation is 1. The van der Waals surface area contributed by atoms with E-state index in [-0.39, 0.29) is 11.7 Å². The van der Waals surface area contributed by atoms with Gasteiger partial charge in [-0.15, -0.1) is 5.10 Å². The van der Waals surface area contributed by atoms with Crippen molar-refractivity contribution in [2.75, 3.05) is 33.2 Å². The molecule has 2 aromatic heterocycles. The average molecular weight is 260 g/mol. The molecule has 0 saturated carbocycles. The van der Waals surface area contributed by atoms with Gasteiger partial charge in [-0.3, -0.25) is 4.79 Å². The molecule has 2 aromatic rings. The van der Waals surface area contributed by atoms with Crippen LogP contribution in [0.5, 0.6) is 0 Å². The maximum atomic E-state index is 12.3. The Morgan fingerprint density at radius 3 is 2.68 bits per heavy atom. The zero-order valence-electron chi connectivity index (χ0n) is 11.1. The van der Waals surface area contributed by atoms with Gasteiger partial charge in [-0.2, -0.15) is 4.98 Å². The van der Waals surface area contributed by atoms with Gasteiger partial charge in [-0.1, -0.05) is 0 Å². The number of rotatable bonds is 1. The SMILES string of the molecule is Cc1ccnc2nc(C(=O)N3CCN(C)CC3)nn12. The third-order valence-electron chi connectivity index (χ3n) is 3.41. The smallest absolute Gasteiger partial charge is 0.293 e. The number of fused-ring (bicyclic) bond motifs is 1. The first-order chi connectivity index (χ1) is 9.15. The molecule has 1 amide bonds.